The summed E-state index contributed by atoms with van der Waals surface area (Å²) in [5, 5.41) is 2.79. The standard InChI is InChI=1S/C20H20Cl2O2S/c1-12-10-13(6-8-24-2)11-17-14(7-9-25-17)18(12)20(23)15-4-3-5-16(21)19(15)22/h3-5,7,9,13H,6,8,10-11H2,1-2H3. The molecule has 1 heterocycles. The van der Waals surface area contributed by atoms with Gasteiger partial charge in [0.1, 0.15) is 0 Å². The van der Waals surface area contributed by atoms with Gasteiger partial charge < -0.3 is 4.74 Å². The number of ketones is 1. The minimum atomic E-state index is -0.0444. The third kappa shape index (κ3) is 3.85. The first-order valence-corrected chi connectivity index (χ1v) is 9.90. The van der Waals surface area contributed by atoms with Gasteiger partial charge >= 0.3 is 0 Å². The number of Topliss-reactive ketones (excluding diaryl/α,β-unsaturated/α-hetero) is 1. The quantitative estimate of drug-likeness (QED) is 0.555. The van der Waals surface area contributed by atoms with E-state index in [2.05, 4.69) is 12.3 Å². The number of ether oxygens (including phenoxy) is 1. The molecule has 0 saturated carbocycles. The van der Waals surface area contributed by atoms with Crippen LogP contribution in [0.3, 0.4) is 0 Å². The number of methoxy groups -OCH3 is 1. The van der Waals surface area contributed by atoms with Crippen molar-refractivity contribution >= 4 is 45.9 Å². The molecular weight excluding hydrogens is 375 g/mol. The molecule has 0 spiro atoms. The van der Waals surface area contributed by atoms with Crippen LogP contribution in [0.5, 0.6) is 0 Å². The summed E-state index contributed by atoms with van der Waals surface area (Å²) in [5.41, 5.74) is 3.40. The Balaban J connectivity index is 2.04. The van der Waals surface area contributed by atoms with Gasteiger partial charge in [0.25, 0.3) is 0 Å². The highest BCUT2D eigenvalue weighted by molar-refractivity contribution is 7.10. The Morgan fingerprint density at radius 2 is 2.08 bits per heavy atom. The van der Waals surface area contributed by atoms with Gasteiger partial charge in [0.15, 0.2) is 5.78 Å². The van der Waals surface area contributed by atoms with Crippen LogP contribution < -0.4 is 0 Å². The molecule has 1 aromatic heterocycles. The van der Waals surface area contributed by atoms with Crippen LogP contribution in [-0.2, 0) is 11.2 Å². The number of hydrogen-bond acceptors (Lipinski definition) is 3. The Morgan fingerprint density at radius 3 is 2.84 bits per heavy atom. The highest BCUT2D eigenvalue weighted by atomic mass is 35.5. The lowest BCUT2D eigenvalue weighted by atomic mass is 9.91. The molecule has 0 amide bonds. The molecule has 5 heteroatoms. The zero-order valence-electron chi connectivity index (χ0n) is 14.3. The molecule has 1 aliphatic rings. The van der Waals surface area contributed by atoms with Gasteiger partial charge in [-0.15, -0.1) is 11.3 Å². The van der Waals surface area contributed by atoms with Crippen molar-refractivity contribution in [2.24, 2.45) is 5.92 Å². The molecule has 0 bridgehead atoms. The number of thiophene rings is 1. The first-order chi connectivity index (χ1) is 12.0. The molecule has 2 nitrogen and oxygen atoms in total. The molecule has 0 saturated heterocycles. The maximum Gasteiger partial charge on any atom is 0.195 e. The Morgan fingerprint density at radius 1 is 1.28 bits per heavy atom. The Labute approximate surface area is 162 Å². The monoisotopic (exact) mass is 394 g/mol. The number of fused-ring (bicyclic) bond motifs is 1. The highest BCUT2D eigenvalue weighted by Gasteiger charge is 2.28. The molecule has 0 aliphatic heterocycles. The van der Waals surface area contributed by atoms with E-state index in [1.807, 2.05) is 6.07 Å². The zero-order valence-corrected chi connectivity index (χ0v) is 16.6. The third-order valence-corrected chi connectivity index (χ3v) is 6.43. The van der Waals surface area contributed by atoms with Crippen molar-refractivity contribution in [3.8, 4) is 0 Å². The van der Waals surface area contributed by atoms with Gasteiger partial charge in [0, 0.05) is 29.7 Å². The van der Waals surface area contributed by atoms with Crippen molar-refractivity contribution in [3.63, 3.8) is 0 Å². The first kappa shape index (κ1) is 18.7. The fourth-order valence-electron chi connectivity index (χ4n) is 3.44. The first-order valence-electron chi connectivity index (χ1n) is 8.27. The maximum atomic E-state index is 13.3. The SMILES string of the molecule is COCCC1CC(C)=C(C(=O)c2cccc(Cl)c2Cl)c2ccsc2C1. The minimum Gasteiger partial charge on any atom is -0.385 e. The Bertz CT molecular complexity index is 823. The van der Waals surface area contributed by atoms with Crippen LogP contribution in [0.25, 0.3) is 5.57 Å². The van der Waals surface area contributed by atoms with Crippen LogP contribution >= 0.6 is 34.5 Å². The maximum absolute atomic E-state index is 13.3. The lowest BCUT2D eigenvalue weighted by Gasteiger charge is -2.14. The van der Waals surface area contributed by atoms with Gasteiger partial charge in [-0.3, -0.25) is 4.79 Å². The van der Waals surface area contributed by atoms with Crippen molar-refractivity contribution in [1.29, 1.82) is 0 Å². The van der Waals surface area contributed by atoms with E-state index in [0.717, 1.165) is 42.6 Å². The van der Waals surface area contributed by atoms with Crippen LogP contribution in [0, 0.1) is 5.92 Å². The molecule has 0 fully saturated rings. The van der Waals surface area contributed by atoms with Crippen LogP contribution in [0.15, 0.2) is 35.2 Å². The normalized spacial score (nSPS) is 17.4. The number of hydrogen-bond donors (Lipinski definition) is 0. The van der Waals surface area contributed by atoms with Gasteiger partial charge in [-0.05, 0) is 61.2 Å². The second kappa shape index (κ2) is 8.05. The van der Waals surface area contributed by atoms with Gasteiger partial charge in [0.05, 0.1) is 10.0 Å². The molecule has 0 radical (unpaired) electrons. The minimum absolute atomic E-state index is 0.0444. The Kier molecular flexibility index (Phi) is 6.00. The number of benzene rings is 1. The molecule has 0 N–H and O–H groups in total. The lowest BCUT2D eigenvalue weighted by molar-refractivity contribution is 0.105. The van der Waals surface area contributed by atoms with E-state index in [1.54, 1.807) is 36.6 Å². The van der Waals surface area contributed by atoms with Gasteiger partial charge in [0.2, 0.25) is 0 Å². The smallest absolute Gasteiger partial charge is 0.195 e. The highest BCUT2D eigenvalue weighted by Crippen LogP contribution is 2.39. The van der Waals surface area contributed by atoms with Crippen LogP contribution in [-0.4, -0.2) is 19.5 Å². The largest absolute Gasteiger partial charge is 0.385 e. The number of carbonyl (C=O) groups excluding carboxylic acids is 1. The van der Waals surface area contributed by atoms with E-state index < -0.39 is 0 Å². The summed E-state index contributed by atoms with van der Waals surface area (Å²) in [6.45, 7) is 2.79. The molecule has 1 atom stereocenters. The topological polar surface area (TPSA) is 26.3 Å². The van der Waals surface area contributed by atoms with E-state index in [9.17, 15) is 4.79 Å². The molecule has 25 heavy (non-hydrogen) atoms. The number of carbonyl (C=O) groups is 1. The second-order valence-electron chi connectivity index (χ2n) is 6.40. The molecule has 2 aromatic rings. The third-order valence-electron chi connectivity index (χ3n) is 4.66. The predicted molar refractivity (Wildman–Crippen MR) is 106 cm³/mol. The van der Waals surface area contributed by atoms with E-state index in [4.69, 9.17) is 27.9 Å². The van der Waals surface area contributed by atoms with E-state index in [-0.39, 0.29) is 5.78 Å². The van der Waals surface area contributed by atoms with Crippen molar-refractivity contribution in [3.05, 3.63) is 61.3 Å². The van der Waals surface area contributed by atoms with E-state index in [1.165, 1.54) is 4.88 Å². The predicted octanol–water partition coefficient (Wildman–Crippen LogP) is 6.31. The molecule has 1 unspecified atom stereocenters. The Hall–Kier alpha value is -1.13. The lowest BCUT2D eigenvalue weighted by Crippen LogP contribution is -2.07. The fourth-order valence-corrected chi connectivity index (χ4v) is 4.82. The molecule has 3 rings (SSSR count). The number of halogens is 2. The summed E-state index contributed by atoms with van der Waals surface area (Å²) < 4.78 is 5.25. The van der Waals surface area contributed by atoms with Gasteiger partial charge in [-0.25, -0.2) is 0 Å². The second-order valence-corrected chi connectivity index (χ2v) is 8.18. The number of rotatable bonds is 5. The number of allylic oxidation sites excluding steroid dienone is 2. The molecule has 132 valence electrons. The van der Waals surface area contributed by atoms with Crippen LogP contribution in [0.1, 0.15) is 40.6 Å². The van der Waals surface area contributed by atoms with E-state index in [0.29, 0.717) is 21.5 Å². The summed E-state index contributed by atoms with van der Waals surface area (Å²) in [4.78, 5) is 14.6. The average Bonchev–Trinajstić information content (AvgIpc) is 2.98. The van der Waals surface area contributed by atoms with Gasteiger partial charge in [-0.1, -0.05) is 34.8 Å². The van der Waals surface area contributed by atoms with Crippen molar-refractivity contribution < 1.29 is 9.53 Å². The summed E-state index contributed by atoms with van der Waals surface area (Å²) in [6.07, 6.45) is 2.86. The zero-order chi connectivity index (χ0) is 18.0. The molecule has 1 aromatic carbocycles. The molecule has 1 aliphatic carbocycles. The van der Waals surface area contributed by atoms with Crippen molar-refractivity contribution in [2.75, 3.05) is 13.7 Å². The van der Waals surface area contributed by atoms with Crippen molar-refractivity contribution in [1.82, 2.24) is 0 Å². The van der Waals surface area contributed by atoms with Crippen LogP contribution in [0.2, 0.25) is 10.0 Å². The summed E-state index contributed by atoms with van der Waals surface area (Å²) >= 11 is 14.1. The average molecular weight is 395 g/mol. The van der Waals surface area contributed by atoms with Crippen LogP contribution in [0.4, 0.5) is 0 Å². The fraction of sp³-hybridized carbons (Fsp3) is 0.350. The van der Waals surface area contributed by atoms with Crippen molar-refractivity contribution in [2.45, 2.75) is 26.2 Å². The summed E-state index contributed by atoms with van der Waals surface area (Å²) in [6, 6.07) is 7.26. The van der Waals surface area contributed by atoms with Gasteiger partial charge in [-0.2, -0.15) is 0 Å². The van der Waals surface area contributed by atoms with E-state index >= 15 is 0 Å². The summed E-state index contributed by atoms with van der Waals surface area (Å²) in [5.74, 6) is 0.439. The summed E-state index contributed by atoms with van der Waals surface area (Å²) in [7, 11) is 1.73. The molecular formula is C20H20Cl2O2S.